The maximum atomic E-state index is 13.7. The summed E-state index contributed by atoms with van der Waals surface area (Å²) in [6.45, 7) is 0.295. The molecule has 3 aromatic carbocycles. The summed E-state index contributed by atoms with van der Waals surface area (Å²) in [4.78, 5) is 28.3. The van der Waals surface area contributed by atoms with Crippen molar-refractivity contribution in [3.05, 3.63) is 95.3 Å². The summed E-state index contributed by atoms with van der Waals surface area (Å²) in [5.74, 6) is -0.190. The highest BCUT2D eigenvalue weighted by molar-refractivity contribution is 6.04. The molecule has 2 atom stereocenters. The topological polar surface area (TPSA) is 84.7 Å². The molecule has 6 nitrogen and oxygen atoms in total. The van der Waals surface area contributed by atoms with Gasteiger partial charge in [-0.05, 0) is 73.0 Å². The van der Waals surface area contributed by atoms with Crippen LogP contribution in [0.2, 0.25) is 0 Å². The lowest BCUT2D eigenvalue weighted by molar-refractivity contribution is 0.0584. The van der Waals surface area contributed by atoms with Crippen molar-refractivity contribution in [3.8, 4) is 5.75 Å². The average Bonchev–Trinajstić information content (AvgIpc) is 2.88. The maximum Gasteiger partial charge on any atom is 0.255 e. The van der Waals surface area contributed by atoms with Gasteiger partial charge < -0.3 is 20.7 Å². The number of hydrogen-bond acceptors (Lipinski definition) is 4. The molecule has 3 aromatic rings. The molecule has 7 heteroatoms. The molecule has 0 heterocycles. The number of carbonyl (C=O) groups is 2. The Morgan fingerprint density at radius 3 is 2.31 bits per heavy atom. The summed E-state index contributed by atoms with van der Waals surface area (Å²) in [5.41, 5.74) is 8.78. The first-order chi connectivity index (χ1) is 17.0. The van der Waals surface area contributed by atoms with E-state index in [0.717, 1.165) is 31.2 Å². The van der Waals surface area contributed by atoms with Gasteiger partial charge in [0, 0.05) is 35.4 Å². The van der Waals surface area contributed by atoms with E-state index in [9.17, 15) is 14.0 Å². The number of nitrogens with zero attached hydrogens (tertiary/aromatic N) is 1. The second-order valence-corrected chi connectivity index (χ2v) is 8.80. The molecule has 3 N–H and O–H groups in total. The third kappa shape index (κ3) is 5.87. The number of methoxy groups -OCH3 is 1. The largest absolute Gasteiger partial charge is 0.497 e. The Labute approximate surface area is 204 Å². The highest BCUT2D eigenvalue weighted by Crippen LogP contribution is 2.28. The Kier molecular flexibility index (Phi) is 7.77. The Morgan fingerprint density at radius 2 is 1.63 bits per heavy atom. The van der Waals surface area contributed by atoms with E-state index >= 15 is 0 Å². The molecule has 0 spiro atoms. The SMILES string of the molecule is COc1ccc(C(=O)N(Cc2ccccc2NC(=O)c2ccc(F)cc2)C2CCCCC2N)cc1. The van der Waals surface area contributed by atoms with E-state index in [4.69, 9.17) is 10.5 Å². The van der Waals surface area contributed by atoms with Crippen LogP contribution in [0.1, 0.15) is 52.0 Å². The number of hydrogen-bond donors (Lipinski definition) is 2. The van der Waals surface area contributed by atoms with Crippen LogP contribution in [-0.2, 0) is 6.54 Å². The molecule has 1 aliphatic rings. The fourth-order valence-electron chi connectivity index (χ4n) is 4.53. The Bertz CT molecular complexity index is 1160. The summed E-state index contributed by atoms with van der Waals surface area (Å²) in [5, 5.41) is 2.91. The molecule has 0 aliphatic heterocycles. The average molecular weight is 476 g/mol. The van der Waals surface area contributed by atoms with Gasteiger partial charge >= 0.3 is 0 Å². The standard InChI is InChI=1S/C28H30FN3O3/c1-35-23-16-12-20(13-17-23)28(34)32(26-9-5-3-7-24(26)30)18-21-6-2-4-8-25(21)31-27(33)19-10-14-22(29)15-11-19/h2,4,6,8,10-17,24,26H,3,5,7,9,18,30H2,1H3,(H,31,33). The molecule has 35 heavy (non-hydrogen) atoms. The van der Waals surface area contributed by atoms with Gasteiger partial charge in [-0.3, -0.25) is 9.59 Å². The van der Waals surface area contributed by atoms with Crippen molar-refractivity contribution in [1.82, 2.24) is 4.90 Å². The fraction of sp³-hybridized carbons (Fsp3) is 0.286. The molecule has 0 aromatic heterocycles. The smallest absolute Gasteiger partial charge is 0.255 e. The zero-order valence-electron chi connectivity index (χ0n) is 19.7. The van der Waals surface area contributed by atoms with Crippen molar-refractivity contribution in [2.45, 2.75) is 44.3 Å². The predicted octanol–water partition coefficient (Wildman–Crippen LogP) is 5.00. The molecule has 182 valence electrons. The second-order valence-electron chi connectivity index (χ2n) is 8.80. The van der Waals surface area contributed by atoms with Crippen molar-refractivity contribution in [1.29, 1.82) is 0 Å². The van der Waals surface area contributed by atoms with E-state index in [2.05, 4.69) is 5.32 Å². The van der Waals surface area contributed by atoms with Gasteiger partial charge in [-0.15, -0.1) is 0 Å². The Hall–Kier alpha value is -3.71. The van der Waals surface area contributed by atoms with Crippen LogP contribution < -0.4 is 15.8 Å². The van der Waals surface area contributed by atoms with Gasteiger partial charge in [0.15, 0.2) is 0 Å². The first-order valence-corrected chi connectivity index (χ1v) is 11.8. The van der Waals surface area contributed by atoms with Crippen molar-refractivity contribution >= 4 is 17.5 Å². The fourth-order valence-corrected chi connectivity index (χ4v) is 4.53. The molecular formula is C28H30FN3O3. The van der Waals surface area contributed by atoms with Crippen LogP contribution in [0.4, 0.5) is 10.1 Å². The van der Waals surface area contributed by atoms with E-state index in [-0.39, 0.29) is 23.9 Å². The van der Waals surface area contributed by atoms with Gasteiger partial charge in [-0.2, -0.15) is 0 Å². The molecule has 4 rings (SSSR count). The molecule has 1 saturated carbocycles. The van der Waals surface area contributed by atoms with E-state index in [0.29, 0.717) is 29.1 Å². The van der Waals surface area contributed by atoms with Crippen LogP contribution in [0.3, 0.4) is 0 Å². The number of para-hydroxylation sites is 1. The number of nitrogens with two attached hydrogens (primary N) is 1. The van der Waals surface area contributed by atoms with E-state index in [1.54, 1.807) is 37.4 Å². The predicted molar refractivity (Wildman–Crippen MR) is 134 cm³/mol. The minimum atomic E-state index is -0.404. The highest BCUT2D eigenvalue weighted by Gasteiger charge is 2.32. The third-order valence-electron chi connectivity index (χ3n) is 6.49. The van der Waals surface area contributed by atoms with Gasteiger partial charge in [0.05, 0.1) is 7.11 Å². The molecule has 1 aliphatic carbocycles. The number of halogens is 1. The van der Waals surface area contributed by atoms with Crippen LogP contribution in [0.5, 0.6) is 5.75 Å². The molecular weight excluding hydrogens is 445 g/mol. The minimum Gasteiger partial charge on any atom is -0.497 e. The number of carbonyl (C=O) groups excluding carboxylic acids is 2. The van der Waals surface area contributed by atoms with Gasteiger partial charge in [0.2, 0.25) is 0 Å². The van der Waals surface area contributed by atoms with Crippen LogP contribution in [0, 0.1) is 5.82 Å². The summed E-state index contributed by atoms with van der Waals surface area (Å²) in [7, 11) is 1.58. The number of ether oxygens (including phenoxy) is 1. The maximum absolute atomic E-state index is 13.7. The first kappa shape index (κ1) is 24.4. The summed E-state index contributed by atoms with van der Waals surface area (Å²) < 4.78 is 18.5. The molecule has 0 saturated heterocycles. The van der Waals surface area contributed by atoms with Gasteiger partial charge in [-0.1, -0.05) is 31.0 Å². The van der Waals surface area contributed by atoms with E-state index < -0.39 is 5.82 Å². The molecule has 1 fully saturated rings. The lowest BCUT2D eigenvalue weighted by Gasteiger charge is -2.39. The summed E-state index contributed by atoms with van der Waals surface area (Å²) in [6.07, 6.45) is 3.74. The number of anilines is 1. The lowest BCUT2D eigenvalue weighted by atomic mass is 9.89. The molecule has 0 radical (unpaired) electrons. The van der Waals surface area contributed by atoms with E-state index in [1.807, 2.05) is 23.1 Å². The number of amides is 2. The highest BCUT2D eigenvalue weighted by atomic mass is 19.1. The normalized spacial score (nSPS) is 17.5. The lowest BCUT2D eigenvalue weighted by Crippen LogP contribution is -2.51. The molecule has 0 bridgehead atoms. The van der Waals surface area contributed by atoms with Crippen LogP contribution >= 0.6 is 0 Å². The Morgan fingerprint density at radius 1 is 0.971 bits per heavy atom. The quantitative estimate of drug-likeness (QED) is 0.504. The van der Waals surface area contributed by atoms with Crippen molar-refractivity contribution < 1.29 is 18.7 Å². The first-order valence-electron chi connectivity index (χ1n) is 11.8. The van der Waals surface area contributed by atoms with Crippen molar-refractivity contribution in [2.24, 2.45) is 5.73 Å². The number of benzene rings is 3. The van der Waals surface area contributed by atoms with Crippen molar-refractivity contribution in [2.75, 3.05) is 12.4 Å². The summed E-state index contributed by atoms with van der Waals surface area (Å²) >= 11 is 0. The van der Waals surface area contributed by atoms with Gasteiger partial charge in [0.1, 0.15) is 11.6 Å². The zero-order valence-corrected chi connectivity index (χ0v) is 19.7. The van der Waals surface area contributed by atoms with Crippen LogP contribution in [0.15, 0.2) is 72.8 Å². The number of nitrogens with one attached hydrogen (secondary N) is 1. The summed E-state index contributed by atoms with van der Waals surface area (Å²) in [6, 6.07) is 19.6. The molecule has 2 unspecified atom stereocenters. The third-order valence-corrected chi connectivity index (χ3v) is 6.49. The van der Waals surface area contributed by atoms with E-state index in [1.165, 1.54) is 24.3 Å². The van der Waals surface area contributed by atoms with Gasteiger partial charge in [0.25, 0.3) is 11.8 Å². The van der Waals surface area contributed by atoms with Crippen molar-refractivity contribution in [3.63, 3.8) is 0 Å². The number of rotatable bonds is 7. The Balaban J connectivity index is 1.62. The van der Waals surface area contributed by atoms with Gasteiger partial charge in [-0.25, -0.2) is 4.39 Å². The van der Waals surface area contributed by atoms with Crippen LogP contribution in [0.25, 0.3) is 0 Å². The molecule has 2 amide bonds. The minimum absolute atomic E-state index is 0.112. The zero-order chi connectivity index (χ0) is 24.8. The second kappa shape index (κ2) is 11.1. The monoisotopic (exact) mass is 475 g/mol. The van der Waals surface area contributed by atoms with Crippen LogP contribution in [-0.4, -0.2) is 35.9 Å².